The summed E-state index contributed by atoms with van der Waals surface area (Å²) in [4.78, 5) is 0. The maximum absolute atomic E-state index is 12.9. The molecule has 0 aliphatic carbocycles. The number of halogens is 5. The third-order valence-corrected chi connectivity index (χ3v) is 2.04. The minimum atomic E-state index is -4.76. The number of benzene rings is 1. The summed E-state index contributed by atoms with van der Waals surface area (Å²) in [6.07, 6.45) is -4.88. The van der Waals surface area contributed by atoms with Gasteiger partial charge in [-0.3, -0.25) is 0 Å². The van der Waals surface area contributed by atoms with Gasteiger partial charge in [0, 0.05) is 6.04 Å². The van der Waals surface area contributed by atoms with E-state index >= 15 is 0 Å². The summed E-state index contributed by atoms with van der Waals surface area (Å²) in [6.45, 7) is 0. The molecule has 0 aromatic heterocycles. The van der Waals surface area contributed by atoms with E-state index in [4.69, 9.17) is 11.0 Å². The van der Waals surface area contributed by atoms with Crippen LogP contribution in [-0.2, 0) is 6.18 Å². The standard InChI is InChI=1S/C10H8F4N2.ClH/c11-8-2-1-6(9(16)3-4-15)5-7(8)10(12,13)14;/h1-2,5,9H,3,16H2;1H/t9-;/m1./s1. The quantitative estimate of drug-likeness (QED) is 0.838. The van der Waals surface area contributed by atoms with Gasteiger partial charge in [0.15, 0.2) is 0 Å². The first-order valence-corrected chi connectivity index (χ1v) is 4.35. The topological polar surface area (TPSA) is 49.8 Å². The Labute approximate surface area is 101 Å². The lowest BCUT2D eigenvalue weighted by Crippen LogP contribution is -2.13. The van der Waals surface area contributed by atoms with Crippen LogP contribution in [0.2, 0.25) is 0 Å². The molecule has 1 atom stereocenters. The first kappa shape index (κ1) is 15.7. The van der Waals surface area contributed by atoms with Gasteiger partial charge in [0.25, 0.3) is 0 Å². The summed E-state index contributed by atoms with van der Waals surface area (Å²) in [7, 11) is 0. The molecular formula is C10H9ClF4N2. The van der Waals surface area contributed by atoms with Crippen molar-refractivity contribution in [3.8, 4) is 6.07 Å². The van der Waals surface area contributed by atoms with Crippen LogP contribution in [0.1, 0.15) is 23.6 Å². The molecule has 7 heteroatoms. The fourth-order valence-corrected chi connectivity index (χ4v) is 1.21. The fourth-order valence-electron chi connectivity index (χ4n) is 1.21. The highest BCUT2D eigenvalue weighted by molar-refractivity contribution is 5.85. The molecule has 0 unspecified atom stereocenters. The predicted octanol–water partition coefficient (Wildman–Crippen LogP) is 3.18. The Bertz CT molecular complexity index is 425. The first-order valence-electron chi connectivity index (χ1n) is 4.35. The number of nitriles is 1. The predicted molar refractivity (Wildman–Crippen MR) is 55.8 cm³/mol. The molecule has 1 rings (SSSR count). The van der Waals surface area contributed by atoms with E-state index < -0.39 is 23.6 Å². The van der Waals surface area contributed by atoms with E-state index in [1.54, 1.807) is 6.07 Å². The molecule has 0 radical (unpaired) electrons. The molecule has 0 aliphatic rings. The molecule has 0 bridgehead atoms. The molecular weight excluding hydrogens is 260 g/mol. The van der Waals surface area contributed by atoms with E-state index in [2.05, 4.69) is 0 Å². The number of hydrogen-bond acceptors (Lipinski definition) is 2. The van der Waals surface area contributed by atoms with Crippen LogP contribution in [0, 0.1) is 17.1 Å². The Morgan fingerprint density at radius 2 is 1.94 bits per heavy atom. The zero-order valence-electron chi connectivity index (χ0n) is 8.46. The van der Waals surface area contributed by atoms with E-state index in [1.807, 2.05) is 0 Å². The van der Waals surface area contributed by atoms with E-state index in [1.165, 1.54) is 0 Å². The smallest absolute Gasteiger partial charge is 0.323 e. The minimum absolute atomic E-state index is 0. The number of rotatable bonds is 2. The highest BCUT2D eigenvalue weighted by Gasteiger charge is 2.34. The van der Waals surface area contributed by atoms with Crippen LogP contribution in [-0.4, -0.2) is 0 Å². The monoisotopic (exact) mass is 268 g/mol. The first-order chi connectivity index (χ1) is 7.36. The highest BCUT2D eigenvalue weighted by Crippen LogP contribution is 2.32. The van der Waals surface area contributed by atoms with Crippen molar-refractivity contribution in [1.82, 2.24) is 0 Å². The van der Waals surface area contributed by atoms with Crippen LogP contribution < -0.4 is 5.73 Å². The van der Waals surface area contributed by atoms with Gasteiger partial charge in [-0.2, -0.15) is 18.4 Å². The van der Waals surface area contributed by atoms with Crippen LogP contribution in [0.5, 0.6) is 0 Å². The van der Waals surface area contributed by atoms with Crippen molar-refractivity contribution in [2.45, 2.75) is 18.6 Å². The van der Waals surface area contributed by atoms with Crippen LogP contribution in [0.3, 0.4) is 0 Å². The van der Waals surface area contributed by atoms with Gasteiger partial charge in [-0.15, -0.1) is 12.4 Å². The van der Waals surface area contributed by atoms with Crippen molar-refractivity contribution < 1.29 is 17.6 Å². The number of hydrogen-bond donors (Lipinski definition) is 1. The van der Waals surface area contributed by atoms with Crippen molar-refractivity contribution in [2.24, 2.45) is 5.73 Å². The SMILES string of the molecule is Cl.N#CC[C@@H](N)c1ccc(F)c(C(F)(F)F)c1. The van der Waals surface area contributed by atoms with E-state index in [9.17, 15) is 17.6 Å². The lowest BCUT2D eigenvalue weighted by Gasteiger charge is -2.12. The molecule has 0 saturated carbocycles. The van der Waals surface area contributed by atoms with Gasteiger partial charge in [0.05, 0.1) is 18.1 Å². The van der Waals surface area contributed by atoms with Gasteiger partial charge < -0.3 is 5.73 Å². The Kier molecular flexibility index (Phi) is 5.39. The Morgan fingerprint density at radius 1 is 1.35 bits per heavy atom. The summed E-state index contributed by atoms with van der Waals surface area (Å²) in [5, 5.41) is 8.36. The maximum atomic E-state index is 12.9. The number of nitrogens with zero attached hydrogens (tertiary/aromatic N) is 1. The van der Waals surface area contributed by atoms with Crippen LogP contribution in [0.4, 0.5) is 17.6 Å². The third kappa shape index (κ3) is 3.88. The third-order valence-electron chi connectivity index (χ3n) is 2.04. The van der Waals surface area contributed by atoms with Gasteiger partial charge in [0.1, 0.15) is 5.82 Å². The second-order valence-electron chi connectivity index (χ2n) is 3.21. The molecule has 0 heterocycles. The molecule has 17 heavy (non-hydrogen) atoms. The molecule has 0 aliphatic heterocycles. The van der Waals surface area contributed by atoms with Crippen molar-refractivity contribution in [3.05, 3.63) is 35.1 Å². The zero-order chi connectivity index (χ0) is 12.3. The lowest BCUT2D eigenvalue weighted by atomic mass is 10.0. The largest absolute Gasteiger partial charge is 0.419 e. The van der Waals surface area contributed by atoms with Gasteiger partial charge >= 0.3 is 6.18 Å². The lowest BCUT2D eigenvalue weighted by molar-refractivity contribution is -0.140. The minimum Gasteiger partial charge on any atom is -0.323 e. The summed E-state index contributed by atoms with van der Waals surface area (Å²) in [6, 6.07) is 3.38. The molecule has 1 aromatic carbocycles. The second-order valence-corrected chi connectivity index (χ2v) is 3.21. The highest BCUT2D eigenvalue weighted by atomic mass is 35.5. The van der Waals surface area contributed by atoms with Gasteiger partial charge in [0.2, 0.25) is 0 Å². The average molecular weight is 269 g/mol. The average Bonchev–Trinajstić information content (AvgIpc) is 2.16. The Hall–Kier alpha value is -1.32. The molecule has 1 aromatic rings. The van der Waals surface area contributed by atoms with Gasteiger partial charge in [-0.1, -0.05) is 6.07 Å². The maximum Gasteiger partial charge on any atom is 0.419 e. The van der Waals surface area contributed by atoms with E-state index in [0.717, 1.165) is 6.07 Å². The zero-order valence-corrected chi connectivity index (χ0v) is 9.28. The molecule has 0 amide bonds. The van der Waals surface area contributed by atoms with E-state index in [0.29, 0.717) is 12.1 Å². The summed E-state index contributed by atoms with van der Waals surface area (Å²) in [5.41, 5.74) is 4.19. The van der Waals surface area contributed by atoms with Crippen molar-refractivity contribution >= 4 is 12.4 Å². The van der Waals surface area contributed by atoms with Gasteiger partial charge in [-0.25, -0.2) is 4.39 Å². The molecule has 2 nitrogen and oxygen atoms in total. The summed E-state index contributed by atoms with van der Waals surface area (Å²) < 4.78 is 49.9. The second kappa shape index (κ2) is 5.84. The summed E-state index contributed by atoms with van der Waals surface area (Å²) in [5.74, 6) is -1.35. The van der Waals surface area contributed by atoms with Crippen LogP contribution in [0.25, 0.3) is 0 Å². The molecule has 0 fully saturated rings. The van der Waals surface area contributed by atoms with Gasteiger partial charge in [-0.05, 0) is 17.7 Å². The van der Waals surface area contributed by atoms with Crippen LogP contribution >= 0.6 is 12.4 Å². The molecule has 0 spiro atoms. The molecule has 0 saturated heterocycles. The van der Waals surface area contributed by atoms with Crippen molar-refractivity contribution in [2.75, 3.05) is 0 Å². The Morgan fingerprint density at radius 3 is 2.41 bits per heavy atom. The van der Waals surface area contributed by atoms with Crippen molar-refractivity contribution in [3.63, 3.8) is 0 Å². The normalized spacial score (nSPS) is 12.5. The Balaban J connectivity index is 0.00000256. The fraction of sp³-hybridized carbons (Fsp3) is 0.300. The van der Waals surface area contributed by atoms with Crippen molar-refractivity contribution in [1.29, 1.82) is 5.26 Å². The van der Waals surface area contributed by atoms with Crippen LogP contribution in [0.15, 0.2) is 18.2 Å². The molecule has 2 N–H and O–H groups in total. The number of nitrogens with two attached hydrogens (primary N) is 1. The van der Waals surface area contributed by atoms with E-state index in [-0.39, 0.29) is 24.4 Å². The number of alkyl halides is 3. The molecule has 94 valence electrons. The summed E-state index contributed by atoms with van der Waals surface area (Å²) >= 11 is 0.